The van der Waals surface area contributed by atoms with Crippen molar-refractivity contribution in [3.63, 3.8) is 0 Å². The monoisotopic (exact) mass is 296 g/mol. The summed E-state index contributed by atoms with van der Waals surface area (Å²) in [5.41, 5.74) is 2.15. The Bertz CT molecular complexity index is 514. The van der Waals surface area contributed by atoms with Crippen LogP contribution in [0, 0.1) is 6.92 Å². The number of pyridine rings is 1. The number of rotatable bonds is 2. The average molecular weight is 298 g/mol. The highest BCUT2D eigenvalue weighted by Crippen LogP contribution is 2.28. The van der Waals surface area contributed by atoms with E-state index in [0.717, 1.165) is 16.0 Å². The summed E-state index contributed by atoms with van der Waals surface area (Å²) in [6, 6.07) is 11.5. The fourth-order valence-electron chi connectivity index (χ4n) is 1.36. The van der Waals surface area contributed by atoms with Crippen LogP contribution >= 0.6 is 27.5 Å². The zero-order chi connectivity index (χ0) is 11.5. The van der Waals surface area contributed by atoms with Crippen molar-refractivity contribution in [2.75, 3.05) is 5.32 Å². The predicted molar refractivity (Wildman–Crippen MR) is 71.4 cm³/mol. The first kappa shape index (κ1) is 11.4. The van der Waals surface area contributed by atoms with Crippen LogP contribution in [0.15, 0.2) is 40.9 Å². The molecule has 0 aliphatic carbocycles. The maximum atomic E-state index is 5.82. The highest BCUT2D eigenvalue weighted by atomic mass is 79.9. The van der Waals surface area contributed by atoms with E-state index in [1.165, 1.54) is 5.56 Å². The number of aryl methyl sites for hydroxylation is 1. The van der Waals surface area contributed by atoms with Crippen molar-refractivity contribution in [1.82, 2.24) is 4.98 Å². The molecule has 0 saturated carbocycles. The lowest BCUT2D eigenvalue weighted by Gasteiger charge is -2.09. The van der Waals surface area contributed by atoms with Crippen molar-refractivity contribution in [3.8, 4) is 0 Å². The van der Waals surface area contributed by atoms with Gasteiger partial charge < -0.3 is 5.32 Å². The van der Waals surface area contributed by atoms with Crippen LogP contribution in [0.4, 0.5) is 11.5 Å². The van der Waals surface area contributed by atoms with Gasteiger partial charge in [-0.1, -0.05) is 29.8 Å². The van der Waals surface area contributed by atoms with Gasteiger partial charge >= 0.3 is 0 Å². The molecule has 1 heterocycles. The number of aromatic nitrogens is 1. The van der Waals surface area contributed by atoms with Gasteiger partial charge in [0, 0.05) is 4.47 Å². The summed E-state index contributed by atoms with van der Waals surface area (Å²) in [5.74, 6) is 0.735. The molecule has 0 saturated heterocycles. The molecule has 2 aromatic rings. The molecule has 4 heteroatoms. The maximum absolute atomic E-state index is 5.82. The van der Waals surface area contributed by atoms with Crippen LogP contribution in [0.25, 0.3) is 0 Å². The summed E-state index contributed by atoms with van der Waals surface area (Å²) in [6.07, 6.45) is 0. The quantitative estimate of drug-likeness (QED) is 0.823. The van der Waals surface area contributed by atoms with Crippen LogP contribution in [0.2, 0.25) is 5.15 Å². The van der Waals surface area contributed by atoms with Crippen molar-refractivity contribution in [2.45, 2.75) is 6.92 Å². The summed E-state index contributed by atoms with van der Waals surface area (Å²) < 4.78 is 1.04. The van der Waals surface area contributed by atoms with Gasteiger partial charge in [-0.3, -0.25) is 0 Å². The standard InChI is InChI=1S/C12H10BrClN2/c1-8-4-2-5-9(12(8)13)15-11-7-3-6-10(14)16-11/h2-7H,1H3,(H,15,16). The molecule has 0 radical (unpaired) electrons. The molecule has 0 aliphatic heterocycles. The van der Waals surface area contributed by atoms with Gasteiger partial charge in [-0.05, 0) is 46.6 Å². The molecule has 0 atom stereocenters. The lowest BCUT2D eigenvalue weighted by molar-refractivity contribution is 1.30. The number of nitrogens with zero attached hydrogens (tertiary/aromatic N) is 1. The Morgan fingerprint density at radius 3 is 2.69 bits per heavy atom. The summed E-state index contributed by atoms with van der Waals surface area (Å²) in [7, 11) is 0. The Kier molecular flexibility index (Phi) is 3.46. The molecule has 1 N–H and O–H groups in total. The summed E-state index contributed by atoms with van der Waals surface area (Å²) in [4.78, 5) is 4.17. The molecule has 1 aromatic heterocycles. The van der Waals surface area contributed by atoms with Gasteiger partial charge in [-0.15, -0.1) is 0 Å². The third kappa shape index (κ3) is 2.54. The third-order valence-corrected chi connectivity index (χ3v) is 3.43. The molecular formula is C12H10BrClN2. The molecule has 0 spiro atoms. The number of hydrogen-bond acceptors (Lipinski definition) is 2. The van der Waals surface area contributed by atoms with Crippen molar-refractivity contribution < 1.29 is 0 Å². The van der Waals surface area contributed by atoms with E-state index in [1.807, 2.05) is 37.3 Å². The van der Waals surface area contributed by atoms with Gasteiger partial charge in [0.15, 0.2) is 0 Å². The molecule has 0 unspecified atom stereocenters. The summed E-state index contributed by atoms with van der Waals surface area (Å²) in [6.45, 7) is 2.04. The Morgan fingerprint density at radius 2 is 1.94 bits per heavy atom. The lowest BCUT2D eigenvalue weighted by Crippen LogP contribution is -1.95. The van der Waals surface area contributed by atoms with E-state index >= 15 is 0 Å². The van der Waals surface area contributed by atoms with Crippen LogP contribution in [0.1, 0.15) is 5.56 Å². The Labute approximate surface area is 108 Å². The van der Waals surface area contributed by atoms with E-state index in [2.05, 4.69) is 26.2 Å². The summed E-state index contributed by atoms with van der Waals surface area (Å²) in [5, 5.41) is 3.69. The van der Waals surface area contributed by atoms with Crippen molar-refractivity contribution in [2.24, 2.45) is 0 Å². The van der Waals surface area contributed by atoms with E-state index in [0.29, 0.717) is 5.15 Å². The minimum Gasteiger partial charge on any atom is -0.339 e. The van der Waals surface area contributed by atoms with Crippen molar-refractivity contribution in [3.05, 3.63) is 51.6 Å². The van der Waals surface area contributed by atoms with Crippen LogP contribution in [-0.2, 0) is 0 Å². The molecule has 16 heavy (non-hydrogen) atoms. The fourth-order valence-corrected chi connectivity index (χ4v) is 1.89. The van der Waals surface area contributed by atoms with Crippen molar-refractivity contribution in [1.29, 1.82) is 0 Å². The van der Waals surface area contributed by atoms with E-state index in [-0.39, 0.29) is 0 Å². The van der Waals surface area contributed by atoms with E-state index in [4.69, 9.17) is 11.6 Å². The normalized spacial score (nSPS) is 10.2. The largest absolute Gasteiger partial charge is 0.339 e. The molecule has 0 fully saturated rings. The molecular weight excluding hydrogens is 288 g/mol. The van der Waals surface area contributed by atoms with Gasteiger partial charge in [0.25, 0.3) is 0 Å². The molecule has 1 aromatic carbocycles. The van der Waals surface area contributed by atoms with Gasteiger partial charge in [0.2, 0.25) is 0 Å². The first-order chi connectivity index (χ1) is 7.66. The second-order valence-electron chi connectivity index (χ2n) is 3.41. The minimum atomic E-state index is 0.480. The van der Waals surface area contributed by atoms with Crippen LogP contribution < -0.4 is 5.32 Å². The predicted octanol–water partition coefficient (Wildman–Crippen LogP) is 4.55. The van der Waals surface area contributed by atoms with Crippen LogP contribution in [-0.4, -0.2) is 4.98 Å². The van der Waals surface area contributed by atoms with Crippen LogP contribution in [0.3, 0.4) is 0 Å². The molecule has 0 bridgehead atoms. The summed E-state index contributed by atoms with van der Waals surface area (Å²) >= 11 is 9.35. The SMILES string of the molecule is Cc1cccc(Nc2cccc(Cl)n2)c1Br. The third-order valence-electron chi connectivity index (χ3n) is 2.17. The molecule has 0 aliphatic rings. The molecule has 0 amide bonds. The van der Waals surface area contributed by atoms with Gasteiger partial charge in [-0.2, -0.15) is 0 Å². The van der Waals surface area contributed by atoms with Crippen molar-refractivity contribution >= 4 is 39.0 Å². The number of nitrogens with one attached hydrogen (secondary N) is 1. The number of hydrogen-bond donors (Lipinski definition) is 1. The van der Waals surface area contributed by atoms with E-state index < -0.39 is 0 Å². The lowest BCUT2D eigenvalue weighted by atomic mass is 10.2. The highest BCUT2D eigenvalue weighted by Gasteiger charge is 2.03. The van der Waals surface area contributed by atoms with Gasteiger partial charge in [0.1, 0.15) is 11.0 Å². The Balaban J connectivity index is 2.31. The first-order valence-electron chi connectivity index (χ1n) is 4.81. The smallest absolute Gasteiger partial charge is 0.132 e. The first-order valence-corrected chi connectivity index (χ1v) is 5.98. The zero-order valence-electron chi connectivity index (χ0n) is 8.67. The van der Waals surface area contributed by atoms with E-state index in [9.17, 15) is 0 Å². The van der Waals surface area contributed by atoms with Gasteiger partial charge in [-0.25, -0.2) is 4.98 Å². The zero-order valence-corrected chi connectivity index (χ0v) is 11.0. The van der Waals surface area contributed by atoms with E-state index in [1.54, 1.807) is 6.07 Å². The second-order valence-corrected chi connectivity index (χ2v) is 4.59. The number of benzene rings is 1. The molecule has 2 nitrogen and oxygen atoms in total. The Hall–Kier alpha value is -1.06. The maximum Gasteiger partial charge on any atom is 0.132 e. The van der Waals surface area contributed by atoms with Crippen LogP contribution in [0.5, 0.6) is 0 Å². The number of halogens is 2. The number of anilines is 2. The highest BCUT2D eigenvalue weighted by molar-refractivity contribution is 9.10. The minimum absolute atomic E-state index is 0.480. The molecule has 82 valence electrons. The average Bonchev–Trinajstić information content (AvgIpc) is 2.25. The second kappa shape index (κ2) is 4.85. The van der Waals surface area contributed by atoms with Gasteiger partial charge in [0.05, 0.1) is 5.69 Å². The topological polar surface area (TPSA) is 24.9 Å². The Morgan fingerprint density at radius 1 is 1.19 bits per heavy atom. The molecule has 2 rings (SSSR count). The fraction of sp³-hybridized carbons (Fsp3) is 0.0833.